The van der Waals surface area contributed by atoms with E-state index in [0.29, 0.717) is 5.75 Å². The third-order valence-corrected chi connectivity index (χ3v) is 3.90. The largest absolute Gasteiger partial charge is 0.506 e. The zero-order chi connectivity index (χ0) is 14.6. The van der Waals surface area contributed by atoms with Gasteiger partial charge >= 0.3 is 0 Å². The molecule has 0 saturated carbocycles. The second-order valence-electron chi connectivity index (χ2n) is 5.84. The van der Waals surface area contributed by atoms with Gasteiger partial charge in [0.25, 0.3) is 0 Å². The van der Waals surface area contributed by atoms with Gasteiger partial charge in [0.15, 0.2) is 0 Å². The normalized spacial score (nSPS) is 10.9. The minimum absolute atomic E-state index is 0.303. The number of pyridine rings is 1. The van der Waals surface area contributed by atoms with E-state index in [2.05, 4.69) is 11.9 Å². The predicted molar refractivity (Wildman–Crippen MR) is 86.2 cm³/mol. The molecular formula is C18H31NO. The van der Waals surface area contributed by atoms with Gasteiger partial charge in [0, 0.05) is 5.69 Å². The number of nitrogens with zero attached hydrogens (tertiary/aromatic N) is 1. The summed E-state index contributed by atoms with van der Waals surface area (Å²) in [6.45, 7) is 4.13. The van der Waals surface area contributed by atoms with E-state index >= 15 is 0 Å². The van der Waals surface area contributed by atoms with Crippen LogP contribution in [0, 0.1) is 6.92 Å². The minimum Gasteiger partial charge on any atom is -0.506 e. The molecule has 0 aromatic carbocycles. The van der Waals surface area contributed by atoms with Crippen molar-refractivity contribution in [3.8, 4) is 5.75 Å². The van der Waals surface area contributed by atoms with E-state index in [-0.39, 0.29) is 0 Å². The van der Waals surface area contributed by atoms with Crippen molar-refractivity contribution in [1.82, 2.24) is 4.98 Å². The molecule has 2 heteroatoms. The Balaban J connectivity index is 1.95. The van der Waals surface area contributed by atoms with Crippen molar-refractivity contribution in [3.63, 3.8) is 0 Å². The molecule has 1 aromatic heterocycles. The second-order valence-corrected chi connectivity index (χ2v) is 5.84. The zero-order valence-electron chi connectivity index (χ0n) is 13.3. The van der Waals surface area contributed by atoms with Crippen LogP contribution >= 0.6 is 0 Å². The molecule has 1 aromatic rings. The highest BCUT2D eigenvalue weighted by atomic mass is 16.3. The summed E-state index contributed by atoms with van der Waals surface area (Å²) in [5, 5.41) is 9.43. The summed E-state index contributed by atoms with van der Waals surface area (Å²) in [7, 11) is 0. The first kappa shape index (κ1) is 17.0. The van der Waals surface area contributed by atoms with Crippen LogP contribution in [0.3, 0.4) is 0 Å². The van der Waals surface area contributed by atoms with E-state index in [9.17, 15) is 5.11 Å². The highest BCUT2D eigenvalue weighted by molar-refractivity contribution is 5.26. The highest BCUT2D eigenvalue weighted by Crippen LogP contribution is 2.15. The lowest BCUT2D eigenvalue weighted by Crippen LogP contribution is -1.93. The van der Waals surface area contributed by atoms with Crippen LogP contribution in [0.2, 0.25) is 0 Å². The van der Waals surface area contributed by atoms with E-state index in [1.165, 1.54) is 64.2 Å². The Morgan fingerprint density at radius 2 is 1.40 bits per heavy atom. The first-order valence-electron chi connectivity index (χ1n) is 8.39. The Morgan fingerprint density at radius 1 is 0.850 bits per heavy atom. The van der Waals surface area contributed by atoms with Crippen molar-refractivity contribution in [1.29, 1.82) is 0 Å². The maximum absolute atomic E-state index is 9.43. The monoisotopic (exact) mass is 277 g/mol. The topological polar surface area (TPSA) is 33.1 Å². The van der Waals surface area contributed by atoms with Gasteiger partial charge < -0.3 is 5.11 Å². The van der Waals surface area contributed by atoms with Gasteiger partial charge in [-0.25, -0.2) is 0 Å². The van der Waals surface area contributed by atoms with Crippen molar-refractivity contribution in [2.45, 2.75) is 84.5 Å². The molecule has 0 atom stereocenters. The number of hydrogen-bond acceptors (Lipinski definition) is 2. The summed E-state index contributed by atoms with van der Waals surface area (Å²) < 4.78 is 0. The third kappa shape index (κ3) is 7.52. The standard InChI is InChI=1S/C18H31NO/c1-3-4-5-6-7-8-9-10-11-12-13-17-14-15-18(20)16(2)19-17/h14-15,20H,3-13H2,1-2H3. The van der Waals surface area contributed by atoms with Crippen LogP contribution in [-0.4, -0.2) is 10.1 Å². The van der Waals surface area contributed by atoms with Gasteiger partial charge in [0.2, 0.25) is 0 Å². The van der Waals surface area contributed by atoms with E-state index in [0.717, 1.165) is 17.8 Å². The average molecular weight is 277 g/mol. The summed E-state index contributed by atoms with van der Waals surface area (Å²) in [5.74, 6) is 0.303. The van der Waals surface area contributed by atoms with E-state index < -0.39 is 0 Å². The van der Waals surface area contributed by atoms with Crippen molar-refractivity contribution in [3.05, 3.63) is 23.5 Å². The van der Waals surface area contributed by atoms with Crippen molar-refractivity contribution < 1.29 is 5.11 Å². The van der Waals surface area contributed by atoms with Gasteiger partial charge in [0.05, 0.1) is 5.69 Å². The van der Waals surface area contributed by atoms with Gasteiger partial charge in [-0.1, -0.05) is 64.7 Å². The molecule has 0 spiro atoms. The molecule has 0 saturated heterocycles. The van der Waals surface area contributed by atoms with Gasteiger partial charge in [-0.2, -0.15) is 0 Å². The molecular weight excluding hydrogens is 246 g/mol. The molecule has 0 aliphatic heterocycles. The van der Waals surface area contributed by atoms with Crippen LogP contribution < -0.4 is 0 Å². The molecule has 0 bridgehead atoms. The van der Waals surface area contributed by atoms with Crippen LogP contribution in [0.4, 0.5) is 0 Å². The van der Waals surface area contributed by atoms with E-state index in [1.807, 2.05) is 13.0 Å². The lowest BCUT2D eigenvalue weighted by molar-refractivity contribution is 0.466. The molecule has 1 N–H and O–H groups in total. The van der Waals surface area contributed by atoms with Crippen LogP contribution in [-0.2, 0) is 6.42 Å². The van der Waals surface area contributed by atoms with Gasteiger partial charge in [-0.3, -0.25) is 4.98 Å². The summed E-state index contributed by atoms with van der Waals surface area (Å²) in [6, 6.07) is 3.70. The lowest BCUT2D eigenvalue weighted by atomic mass is 10.1. The molecule has 1 rings (SSSR count). The Hall–Kier alpha value is -1.05. The molecule has 114 valence electrons. The number of aromatic hydroxyl groups is 1. The number of aromatic nitrogens is 1. The molecule has 2 nitrogen and oxygen atoms in total. The van der Waals surface area contributed by atoms with Crippen molar-refractivity contribution >= 4 is 0 Å². The predicted octanol–water partition coefficient (Wildman–Crippen LogP) is 5.56. The van der Waals surface area contributed by atoms with E-state index in [1.54, 1.807) is 6.07 Å². The molecule has 1 heterocycles. The average Bonchev–Trinajstić information content (AvgIpc) is 2.45. The fourth-order valence-electron chi connectivity index (χ4n) is 2.54. The molecule has 20 heavy (non-hydrogen) atoms. The molecule has 0 aliphatic rings. The van der Waals surface area contributed by atoms with Crippen molar-refractivity contribution in [2.75, 3.05) is 0 Å². The Morgan fingerprint density at radius 3 is 1.95 bits per heavy atom. The first-order chi connectivity index (χ1) is 9.74. The Labute approximate surface area is 124 Å². The fourth-order valence-corrected chi connectivity index (χ4v) is 2.54. The van der Waals surface area contributed by atoms with Crippen LogP contribution in [0.25, 0.3) is 0 Å². The van der Waals surface area contributed by atoms with Gasteiger partial charge in [-0.05, 0) is 31.9 Å². The summed E-state index contributed by atoms with van der Waals surface area (Å²) in [4.78, 5) is 4.40. The number of aryl methyl sites for hydroxylation is 2. The fraction of sp³-hybridized carbons (Fsp3) is 0.722. The summed E-state index contributed by atoms with van der Waals surface area (Å²) >= 11 is 0. The molecule has 0 fully saturated rings. The van der Waals surface area contributed by atoms with Crippen LogP contribution in [0.1, 0.15) is 82.5 Å². The van der Waals surface area contributed by atoms with Gasteiger partial charge in [0.1, 0.15) is 5.75 Å². The summed E-state index contributed by atoms with van der Waals surface area (Å²) in [6.07, 6.45) is 14.7. The molecule has 0 amide bonds. The first-order valence-corrected chi connectivity index (χ1v) is 8.39. The Kier molecular flexibility index (Phi) is 9.10. The maximum atomic E-state index is 9.43. The van der Waals surface area contributed by atoms with Gasteiger partial charge in [-0.15, -0.1) is 0 Å². The number of unbranched alkanes of at least 4 members (excludes halogenated alkanes) is 9. The zero-order valence-corrected chi connectivity index (χ0v) is 13.3. The number of hydrogen-bond donors (Lipinski definition) is 1. The van der Waals surface area contributed by atoms with E-state index in [4.69, 9.17) is 0 Å². The Bertz CT molecular complexity index is 362. The summed E-state index contributed by atoms with van der Waals surface area (Å²) in [5.41, 5.74) is 1.86. The molecule has 0 unspecified atom stereocenters. The van der Waals surface area contributed by atoms with Crippen molar-refractivity contribution in [2.24, 2.45) is 0 Å². The second kappa shape index (κ2) is 10.7. The van der Waals surface area contributed by atoms with Crippen LogP contribution in [0.15, 0.2) is 12.1 Å². The maximum Gasteiger partial charge on any atom is 0.136 e. The lowest BCUT2D eigenvalue weighted by Gasteiger charge is -2.04. The third-order valence-electron chi connectivity index (χ3n) is 3.90. The SMILES string of the molecule is CCCCCCCCCCCCc1ccc(O)c(C)n1. The quantitative estimate of drug-likeness (QED) is 0.537. The smallest absolute Gasteiger partial charge is 0.136 e. The molecule has 0 radical (unpaired) electrons. The number of rotatable bonds is 11. The van der Waals surface area contributed by atoms with Crippen LogP contribution in [0.5, 0.6) is 5.75 Å². The highest BCUT2D eigenvalue weighted by Gasteiger charge is 2.00. The molecule has 0 aliphatic carbocycles. The minimum atomic E-state index is 0.303.